The van der Waals surface area contributed by atoms with E-state index in [0.717, 1.165) is 6.42 Å². The maximum atomic E-state index is 12.3. The largest absolute Gasteiger partial charge is 0.476 e. The Balaban J connectivity index is 1.93. The van der Waals surface area contributed by atoms with Gasteiger partial charge in [0, 0.05) is 25.0 Å². The summed E-state index contributed by atoms with van der Waals surface area (Å²) in [5.74, 6) is 0.402. The first-order valence-electron chi connectivity index (χ1n) is 12.9. The van der Waals surface area contributed by atoms with Crippen molar-refractivity contribution in [3.8, 4) is 5.75 Å². The number of halogens is 1. The molecule has 0 aromatic heterocycles. The van der Waals surface area contributed by atoms with Crippen molar-refractivity contribution in [2.45, 2.75) is 103 Å². The molecular weight excluding hydrogens is 459 g/mol. The summed E-state index contributed by atoms with van der Waals surface area (Å²) >= 11 is 5.89. The predicted molar refractivity (Wildman–Crippen MR) is 138 cm³/mol. The molecule has 1 aromatic rings. The fourth-order valence-corrected chi connectivity index (χ4v) is 4.78. The fraction of sp³-hybridized carbons (Fsp3) is 0.769. The van der Waals surface area contributed by atoms with Gasteiger partial charge in [-0.2, -0.15) is 0 Å². The molecule has 0 spiro atoms. The lowest BCUT2D eigenvalue weighted by atomic mass is 10.0. The van der Waals surface area contributed by atoms with Gasteiger partial charge in [-0.1, -0.05) is 109 Å². The lowest BCUT2D eigenvalue weighted by Crippen LogP contribution is -2.24. The van der Waals surface area contributed by atoms with Gasteiger partial charge < -0.3 is 14.0 Å². The molecule has 0 saturated carbocycles. The molecule has 1 rings (SSSR count). The van der Waals surface area contributed by atoms with Crippen molar-refractivity contribution in [1.29, 1.82) is 0 Å². The second-order valence-electron chi connectivity index (χ2n) is 8.66. The van der Waals surface area contributed by atoms with Crippen molar-refractivity contribution >= 4 is 18.2 Å². The fourth-order valence-electron chi connectivity index (χ4n) is 3.60. The average molecular weight is 505 g/mol. The van der Waals surface area contributed by atoms with Crippen LogP contribution in [0.3, 0.4) is 0 Å². The van der Waals surface area contributed by atoms with E-state index < -0.39 is 6.95 Å². The number of ether oxygens (including phenoxy) is 2. The molecule has 0 fully saturated rings. The van der Waals surface area contributed by atoms with E-state index >= 15 is 0 Å². The Bertz CT molecular complexity index is 602. The molecule has 0 bridgehead atoms. The van der Waals surface area contributed by atoms with E-state index in [-0.39, 0.29) is 12.7 Å². The third kappa shape index (κ3) is 18.4. The maximum Gasteiger partial charge on any atom is 0.476 e. The second-order valence-corrected chi connectivity index (χ2v) is 11.2. The smallest absolute Gasteiger partial charge is 0.413 e. The van der Waals surface area contributed by atoms with Crippen LogP contribution >= 0.6 is 18.2 Å². The van der Waals surface area contributed by atoms with Gasteiger partial charge in [0.2, 0.25) is 0 Å². The number of unbranched alkanes of at least 4 members (excludes halogenated alkanes) is 13. The number of para-hydroxylation sites is 1. The first-order chi connectivity index (χ1) is 16.1. The highest BCUT2D eigenvalue weighted by Crippen LogP contribution is 2.53. The Labute approximate surface area is 207 Å². The minimum atomic E-state index is -3.72. The van der Waals surface area contributed by atoms with Crippen LogP contribution < -0.4 is 4.52 Å². The highest BCUT2D eigenvalue weighted by Gasteiger charge is 2.25. The van der Waals surface area contributed by atoms with Crippen LogP contribution in [0.4, 0.5) is 0 Å². The monoisotopic (exact) mass is 504 g/mol. The van der Waals surface area contributed by atoms with E-state index in [1.807, 2.05) is 6.07 Å². The van der Waals surface area contributed by atoms with Crippen LogP contribution in [0.25, 0.3) is 0 Å². The molecular formula is C26H46ClO5P. The quantitative estimate of drug-likeness (QED) is 0.110. The molecule has 0 N–H and O–H groups in total. The number of methoxy groups -OCH3 is 1. The summed E-state index contributed by atoms with van der Waals surface area (Å²) in [5.41, 5.74) is 0. The Morgan fingerprint density at radius 3 is 1.82 bits per heavy atom. The van der Waals surface area contributed by atoms with Crippen LogP contribution in [-0.2, 0) is 18.6 Å². The number of rotatable bonds is 23. The zero-order chi connectivity index (χ0) is 24.0. The topological polar surface area (TPSA) is 54.0 Å². The molecule has 1 aromatic carbocycles. The summed E-state index contributed by atoms with van der Waals surface area (Å²) in [4.78, 5) is 0. The van der Waals surface area contributed by atoms with Crippen molar-refractivity contribution < 1.29 is 23.1 Å². The first kappa shape index (κ1) is 30.5. The van der Waals surface area contributed by atoms with Crippen molar-refractivity contribution in [3.05, 3.63) is 30.3 Å². The normalized spacial score (nSPS) is 14.2. The summed E-state index contributed by atoms with van der Waals surface area (Å²) in [6, 6.07) is 8.73. The highest BCUT2D eigenvalue weighted by molar-refractivity contribution is 7.81. The van der Waals surface area contributed by atoms with Crippen molar-refractivity contribution in [3.63, 3.8) is 0 Å². The van der Waals surface area contributed by atoms with E-state index in [9.17, 15) is 4.57 Å². The Morgan fingerprint density at radius 1 is 0.788 bits per heavy atom. The van der Waals surface area contributed by atoms with Crippen LogP contribution in [0.2, 0.25) is 0 Å². The van der Waals surface area contributed by atoms with Crippen LogP contribution in [0, 0.1) is 0 Å². The molecule has 33 heavy (non-hydrogen) atoms. The predicted octanol–water partition coefficient (Wildman–Crippen LogP) is 8.94. The standard InChI is InChI=1S/C26H46ClO5P/c1-3-4-5-6-7-8-9-10-11-12-13-14-15-19-22-30-23-26(29-2)24-31-33(27,28)32-25-20-17-16-18-21-25/h16-18,20-21,26H,3-15,19,22-24H2,1-2H3. The Hall–Kier alpha value is -0.580. The van der Waals surface area contributed by atoms with Gasteiger partial charge in [-0.3, -0.25) is 4.52 Å². The molecule has 5 nitrogen and oxygen atoms in total. The molecule has 2 atom stereocenters. The average Bonchev–Trinajstić information content (AvgIpc) is 2.81. The third-order valence-electron chi connectivity index (χ3n) is 5.65. The molecule has 0 aliphatic rings. The van der Waals surface area contributed by atoms with E-state index in [4.69, 9.17) is 29.8 Å². The molecule has 0 radical (unpaired) electrons. The Kier molecular flexibility index (Phi) is 19.2. The number of hydrogen-bond donors (Lipinski definition) is 0. The van der Waals surface area contributed by atoms with Gasteiger partial charge in [0.1, 0.15) is 11.9 Å². The molecule has 0 aliphatic carbocycles. The summed E-state index contributed by atoms with van der Waals surface area (Å²) in [6.07, 6.45) is 18.4. The summed E-state index contributed by atoms with van der Waals surface area (Å²) in [6.45, 7) is -0.342. The molecule has 0 heterocycles. The molecule has 0 amide bonds. The van der Waals surface area contributed by atoms with Crippen LogP contribution in [-0.4, -0.2) is 33.0 Å². The van der Waals surface area contributed by atoms with Crippen molar-refractivity contribution in [2.75, 3.05) is 26.9 Å². The zero-order valence-corrected chi connectivity index (χ0v) is 22.5. The zero-order valence-electron chi connectivity index (χ0n) is 20.9. The van der Waals surface area contributed by atoms with E-state index in [0.29, 0.717) is 19.0 Å². The van der Waals surface area contributed by atoms with Crippen LogP contribution in [0.5, 0.6) is 5.75 Å². The summed E-state index contributed by atoms with van der Waals surface area (Å²) < 4.78 is 33.8. The van der Waals surface area contributed by atoms with E-state index in [1.165, 1.54) is 83.5 Å². The van der Waals surface area contributed by atoms with Gasteiger partial charge in [0.05, 0.1) is 13.2 Å². The van der Waals surface area contributed by atoms with Gasteiger partial charge in [-0.25, -0.2) is 4.57 Å². The maximum absolute atomic E-state index is 12.3. The van der Waals surface area contributed by atoms with Crippen LogP contribution in [0.15, 0.2) is 30.3 Å². The molecule has 0 saturated heterocycles. The molecule has 0 aliphatic heterocycles. The van der Waals surface area contributed by atoms with Gasteiger partial charge in [-0.05, 0) is 18.6 Å². The SMILES string of the molecule is CCCCCCCCCCCCCCCCOCC(COP(=O)(Cl)Oc1ccccc1)OC. The minimum absolute atomic E-state index is 0.0445. The van der Waals surface area contributed by atoms with Gasteiger partial charge >= 0.3 is 6.95 Å². The lowest BCUT2D eigenvalue weighted by molar-refractivity contribution is -0.0157. The molecule has 192 valence electrons. The van der Waals surface area contributed by atoms with E-state index in [1.54, 1.807) is 31.4 Å². The van der Waals surface area contributed by atoms with E-state index in [2.05, 4.69) is 6.92 Å². The minimum Gasteiger partial charge on any atom is -0.413 e. The third-order valence-corrected chi connectivity index (χ3v) is 7.04. The Morgan fingerprint density at radius 2 is 1.30 bits per heavy atom. The molecule has 7 heteroatoms. The van der Waals surface area contributed by atoms with Gasteiger partial charge in [-0.15, -0.1) is 0 Å². The summed E-state index contributed by atoms with van der Waals surface area (Å²) in [7, 11) is 1.57. The van der Waals surface area contributed by atoms with Gasteiger partial charge in [0.25, 0.3) is 0 Å². The first-order valence-corrected chi connectivity index (χ1v) is 15.3. The number of hydrogen-bond acceptors (Lipinski definition) is 5. The van der Waals surface area contributed by atoms with Crippen molar-refractivity contribution in [1.82, 2.24) is 0 Å². The number of benzene rings is 1. The van der Waals surface area contributed by atoms with Gasteiger partial charge in [0.15, 0.2) is 0 Å². The lowest BCUT2D eigenvalue weighted by Gasteiger charge is -2.18. The molecule has 2 unspecified atom stereocenters. The highest BCUT2D eigenvalue weighted by atomic mass is 35.7. The van der Waals surface area contributed by atoms with Crippen molar-refractivity contribution in [2.24, 2.45) is 0 Å². The van der Waals surface area contributed by atoms with Crippen LogP contribution in [0.1, 0.15) is 96.8 Å². The second kappa shape index (κ2) is 20.8. The summed E-state index contributed by atoms with van der Waals surface area (Å²) in [5, 5.41) is 0.